The number of aliphatic hydroxyl groups is 1. The summed E-state index contributed by atoms with van der Waals surface area (Å²) in [6, 6.07) is 17.8. The van der Waals surface area contributed by atoms with E-state index in [-0.39, 0.29) is 12.0 Å². The summed E-state index contributed by atoms with van der Waals surface area (Å²) in [6.07, 6.45) is 2.16. The van der Waals surface area contributed by atoms with Crippen LogP contribution >= 0.6 is 0 Å². The van der Waals surface area contributed by atoms with E-state index in [0.29, 0.717) is 30.6 Å². The number of aryl methyl sites for hydroxylation is 1. The van der Waals surface area contributed by atoms with E-state index < -0.39 is 0 Å². The summed E-state index contributed by atoms with van der Waals surface area (Å²) in [4.78, 5) is 2.37. The van der Waals surface area contributed by atoms with Gasteiger partial charge < -0.3 is 14.6 Å². The fourth-order valence-electron chi connectivity index (χ4n) is 4.00. The maximum absolute atomic E-state index is 10.7. The van der Waals surface area contributed by atoms with Crippen LogP contribution in [-0.2, 0) is 13.6 Å². The number of hydrogen-bond donors (Lipinski definition) is 1. The molecule has 1 N–H and O–H groups in total. The van der Waals surface area contributed by atoms with E-state index in [1.807, 2.05) is 54.2 Å². The van der Waals surface area contributed by atoms with Crippen molar-refractivity contribution in [1.82, 2.24) is 14.7 Å². The van der Waals surface area contributed by atoms with Crippen LogP contribution in [-0.4, -0.2) is 46.1 Å². The minimum atomic E-state index is -0.372. The topological polar surface area (TPSA) is 59.8 Å². The molecular formula is C27H35N3O3. The summed E-state index contributed by atoms with van der Waals surface area (Å²) in [6.45, 7) is 6.41. The largest absolute Gasteiger partial charge is 0.497 e. The minimum Gasteiger partial charge on any atom is -0.497 e. The van der Waals surface area contributed by atoms with Gasteiger partial charge in [-0.05, 0) is 36.8 Å². The molecule has 1 atom stereocenters. The number of hydrogen-bond acceptors (Lipinski definition) is 5. The molecule has 176 valence electrons. The molecule has 0 saturated heterocycles. The molecule has 4 rings (SSSR count). The van der Waals surface area contributed by atoms with Crippen LogP contribution in [0, 0.1) is 11.8 Å². The Bertz CT molecular complexity index is 1040. The number of benzene rings is 2. The molecule has 0 amide bonds. The molecule has 0 radical (unpaired) electrons. The Morgan fingerprint density at radius 2 is 1.82 bits per heavy atom. The molecule has 0 aliphatic heterocycles. The lowest BCUT2D eigenvalue weighted by molar-refractivity contribution is 0.0709. The summed E-state index contributed by atoms with van der Waals surface area (Å²) in [5, 5.41) is 15.5. The van der Waals surface area contributed by atoms with E-state index in [9.17, 15) is 5.11 Å². The highest BCUT2D eigenvalue weighted by atomic mass is 16.5. The molecule has 33 heavy (non-hydrogen) atoms. The quantitative estimate of drug-likeness (QED) is 0.440. The Hall–Kier alpha value is -2.83. The van der Waals surface area contributed by atoms with Gasteiger partial charge >= 0.3 is 0 Å². The fourth-order valence-corrected chi connectivity index (χ4v) is 4.00. The third-order valence-corrected chi connectivity index (χ3v) is 6.20. The second-order valence-corrected chi connectivity index (χ2v) is 9.35. The molecule has 0 bridgehead atoms. The summed E-state index contributed by atoms with van der Waals surface area (Å²) >= 11 is 0. The van der Waals surface area contributed by atoms with Crippen molar-refractivity contribution >= 4 is 0 Å². The van der Waals surface area contributed by atoms with Gasteiger partial charge in [0.05, 0.1) is 18.8 Å². The van der Waals surface area contributed by atoms with E-state index in [4.69, 9.17) is 14.6 Å². The molecule has 1 aromatic heterocycles. The van der Waals surface area contributed by atoms with Crippen molar-refractivity contribution < 1.29 is 14.6 Å². The van der Waals surface area contributed by atoms with Crippen molar-refractivity contribution in [2.75, 3.05) is 20.2 Å². The number of ether oxygens (including phenoxy) is 2. The fraction of sp³-hybridized carbons (Fsp3) is 0.444. The van der Waals surface area contributed by atoms with Gasteiger partial charge in [-0.2, -0.15) is 5.10 Å². The van der Waals surface area contributed by atoms with Crippen LogP contribution in [0.25, 0.3) is 11.3 Å². The van der Waals surface area contributed by atoms with E-state index in [1.54, 1.807) is 7.11 Å². The SMILES string of the molecule is COc1cccc(Oc2c(CN(CC3CC3)CC(O)C(C)C)c(-c3ccccc3)nn2C)c1. The summed E-state index contributed by atoms with van der Waals surface area (Å²) in [7, 11) is 3.57. The van der Waals surface area contributed by atoms with Crippen molar-refractivity contribution in [3.63, 3.8) is 0 Å². The number of rotatable bonds is 11. The van der Waals surface area contributed by atoms with Crippen LogP contribution in [0.5, 0.6) is 17.4 Å². The van der Waals surface area contributed by atoms with Gasteiger partial charge in [0.15, 0.2) is 0 Å². The summed E-state index contributed by atoms with van der Waals surface area (Å²) in [5.41, 5.74) is 3.00. The van der Waals surface area contributed by atoms with Gasteiger partial charge in [-0.25, -0.2) is 4.68 Å². The monoisotopic (exact) mass is 449 g/mol. The van der Waals surface area contributed by atoms with Gasteiger partial charge in [0.2, 0.25) is 5.88 Å². The average molecular weight is 450 g/mol. The first-order valence-electron chi connectivity index (χ1n) is 11.8. The Morgan fingerprint density at radius 3 is 2.48 bits per heavy atom. The van der Waals surface area contributed by atoms with Crippen molar-refractivity contribution in [1.29, 1.82) is 0 Å². The predicted octanol–water partition coefficient (Wildman–Crippen LogP) is 5.12. The van der Waals surface area contributed by atoms with Gasteiger partial charge in [-0.3, -0.25) is 4.90 Å². The predicted molar refractivity (Wildman–Crippen MR) is 131 cm³/mol. The van der Waals surface area contributed by atoms with Gasteiger partial charge in [0.1, 0.15) is 17.2 Å². The van der Waals surface area contributed by atoms with Crippen LogP contribution in [0.1, 0.15) is 32.3 Å². The van der Waals surface area contributed by atoms with E-state index in [2.05, 4.69) is 30.9 Å². The Balaban J connectivity index is 1.70. The zero-order valence-corrected chi connectivity index (χ0v) is 20.1. The van der Waals surface area contributed by atoms with Crippen molar-refractivity contribution in [3.05, 3.63) is 60.2 Å². The number of nitrogens with zero attached hydrogens (tertiary/aromatic N) is 3. The Morgan fingerprint density at radius 1 is 1.09 bits per heavy atom. The zero-order chi connectivity index (χ0) is 23.4. The smallest absolute Gasteiger partial charge is 0.222 e. The number of methoxy groups -OCH3 is 1. The molecule has 2 aromatic carbocycles. The van der Waals surface area contributed by atoms with Crippen molar-refractivity contribution in [3.8, 4) is 28.6 Å². The highest BCUT2D eigenvalue weighted by Gasteiger charge is 2.29. The van der Waals surface area contributed by atoms with E-state index >= 15 is 0 Å². The van der Waals surface area contributed by atoms with Crippen molar-refractivity contribution in [2.24, 2.45) is 18.9 Å². The molecule has 6 nitrogen and oxygen atoms in total. The molecule has 1 aliphatic rings. The van der Waals surface area contributed by atoms with Crippen LogP contribution in [0.3, 0.4) is 0 Å². The van der Waals surface area contributed by atoms with E-state index in [1.165, 1.54) is 12.8 Å². The van der Waals surface area contributed by atoms with Crippen molar-refractivity contribution in [2.45, 2.75) is 39.3 Å². The highest BCUT2D eigenvalue weighted by molar-refractivity contribution is 5.65. The third-order valence-electron chi connectivity index (χ3n) is 6.20. The van der Waals surface area contributed by atoms with Crippen LogP contribution < -0.4 is 9.47 Å². The Kier molecular flexibility index (Phi) is 7.36. The minimum absolute atomic E-state index is 0.210. The zero-order valence-electron chi connectivity index (χ0n) is 20.1. The molecule has 3 aromatic rings. The van der Waals surface area contributed by atoms with Crippen LogP contribution in [0.2, 0.25) is 0 Å². The molecule has 1 unspecified atom stereocenters. The van der Waals surface area contributed by atoms with Gasteiger partial charge in [0, 0.05) is 38.3 Å². The van der Waals surface area contributed by atoms with Gasteiger partial charge in [0.25, 0.3) is 0 Å². The molecular weight excluding hydrogens is 414 g/mol. The molecule has 1 heterocycles. The first-order chi connectivity index (χ1) is 15.9. The average Bonchev–Trinajstić information content (AvgIpc) is 3.59. The second-order valence-electron chi connectivity index (χ2n) is 9.35. The van der Waals surface area contributed by atoms with Crippen LogP contribution in [0.15, 0.2) is 54.6 Å². The lowest BCUT2D eigenvalue weighted by Crippen LogP contribution is -2.36. The summed E-state index contributed by atoms with van der Waals surface area (Å²) < 4.78 is 13.6. The maximum atomic E-state index is 10.7. The third kappa shape index (κ3) is 5.95. The molecule has 1 saturated carbocycles. The first-order valence-corrected chi connectivity index (χ1v) is 11.8. The molecule has 1 fully saturated rings. The maximum Gasteiger partial charge on any atom is 0.222 e. The van der Waals surface area contributed by atoms with E-state index in [0.717, 1.165) is 29.1 Å². The standard InChI is InChI=1S/C27H35N3O3/c1-19(2)25(31)18-30(16-20-13-14-20)17-24-26(21-9-6-5-7-10-21)28-29(3)27(24)33-23-12-8-11-22(15-23)32-4/h5-12,15,19-20,25,31H,13-14,16-18H2,1-4H3. The number of aromatic nitrogens is 2. The summed E-state index contributed by atoms with van der Waals surface area (Å²) in [5.74, 6) is 3.08. The first kappa shape index (κ1) is 23.3. The van der Waals surface area contributed by atoms with Crippen LogP contribution in [0.4, 0.5) is 0 Å². The molecule has 6 heteroatoms. The normalized spacial score (nSPS) is 14.6. The van der Waals surface area contributed by atoms with Gasteiger partial charge in [-0.1, -0.05) is 50.2 Å². The second kappa shape index (κ2) is 10.4. The highest BCUT2D eigenvalue weighted by Crippen LogP contribution is 2.36. The molecule has 0 spiro atoms. The number of aliphatic hydroxyl groups excluding tert-OH is 1. The molecule has 1 aliphatic carbocycles. The lowest BCUT2D eigenvalue weighted by atomic mass is 10.0. The lowest BCUT2D eigenvalue weighted by Gasteiger charge is -2.27. The van der Waals surface area contributed by atoms with Gasteiger partial charge in [-0.15, -0.1) is 0 Å². The Labute approximate surface area is 196 Å².